The van der Waals surface area contributed by atoms with E-state index in [-0.39, 0.29) is 23.8 Å². The molecule has 1 aromatic carbocycles. The number of carbonyl (C=O) groups excluding carboxylic acids is 1. The zero-order valence-electron chi connectivity index (χ0n) is 18.4. The van der Waals surface area contributed by atoms with Crippen LogP contribution in [0.3, 0.4) is 0 Å². The van der Waals surface area contributed by atoms with Gasteiger partial charge in [0.2, 0.25) is 0 Å². The van der Waals surface area contributed by atoms with E-state index in [0.29, 0.717) is 54.4 Å². The van der Waals surface area contributed by atoms with Gasteiger partial charge < -0.3 is 15.0 Å². The van der Waals surface area contributed by atoms with Crippen LogP contribution in [0.4, 0.5) is 8.78 Å². The number of amides is 1. The van der Waals surface area contributed by atoms with Crippen LogP contribution in [0, 0.1) is 19.7 Å². The number of carbonyl (C=O) groups is 1. The molecular weight excluding hydrogens is 452 g/mol. The fraction of sp³-hybridized carbons (Fsp3) is 0.435. The Labute approximate surface area is 194 Å². The first-order valence-corrected chi connectivity index (χ1v) is 11.3. The molecule has 5 rings (SSSR count). The monoisotopic (exact) mass is 475 g/mol. The first-order valence-electron chi connectivity index (χ1n) is 10.9. The van der Waals surface area contributed by atoms with Gasteiger partial charge in [0.05, 0.1) is 40.8 Å². The number of nitrogens with zero attached hydrogens (tertiary/aromatic N) is 4. The molecule has 3 heterocycles. The van der Waals surface area contributed by atoms with Crippen molar-refractivity contribution in [3.8, 4) is 5.75 Å². The van der Waals surface area contributed by atoms with E-state index in [9.17, 15) is 13.6 Å². The molecule has 0 unspecified atom stereocenters. The number of hydrogen-bond donors (Lipinski definition) is 1. The summed E-state index contributed by atoms with van der Waals surface area (Å²) in [5.74, 6) is -0.498. The summed E-state index contributed by atoms with van der Waals surface area (Å²) in [6.45, 7) is 4.28. The van der Waals surface area contributed by atoms with Gasteiger partial charge >= 0.3 is 0 Å². The van der Waals surface area contributed by atoms with Crippen LogP contribution in [0.5, 0.6) is 5.75 Å². The maximum absolute atomic E-state index is 14.0. The number of rotatable bonds is 6. The van der Waals surface area contributed by atoms with E-state index in [1.165, 1.54) is 18.2 Å². The van der Waals surface area contributed by atoms with Crippen LogP contribution in [-0.4, -0.2) is 50.8 Å². The van der Waals surface area contributed by atoms with Gasteiger partial charge in [-0.05, 0) is 38.8 Å². The Balaban J connectivity index is 1.34. The van der Waals surface area contributed by atoms with Crippen LogP contribution in [0.1, 0.15) is 45.8 Å². The Hall–Kier alpha value is -2.78. The van der Waals surface area contributed by atoms with Crippen LogP contribution in [0.15, 0.2) is 18.2 Å². The SMILES string of the molecule is Cc1nc2c3c(nn2c(C)c1Cl)CN(C(=O)c1ccc(F)cc1O[C@H]1C[C@H](NCCF)C1)C3. The molecule has 174 valence electrons. The Bertz CT molecular complexity index is 1240. The maximum Gasteiger partial charge on any atom is 0.258 e. The highest BCUT2D eigenvalue weighted by atomic mass is 35.5. The molecular formula is C23H24ClF2N5O2. The van der Waals surface area contributed by atoms with Crippen molar-refractivity contribution in [2.45, 2.75) is 51.9 Å². The van der Waals surface area contributed by atoms with E-state index >= 15 is 0 Å². The topological polar surface area (TPSA) is 71.8 Å². The average Bonchev–Trinajstić information content (AvgIpc) is 3.32. The predicted octanol–water partition coefficient (Wildman–Crippen LogP) is 3.76. The second kappa shape index (κ2) is 8.53. The summed E-state index contributed by atoms with van der Waals surface area (Å²) in [4.78, 5) is 19.6. The van der Waals surface area contributed by atoms with E-state index in [2.05, 4.69) is 15.4 Å². The highest BCUT2D eigenvalue weighted by Crippen LogP contribution is 2.33. The van der Waals surface area contributed by atoms with E-state index in [1.54, 1.807) is 9.42 Å². The number of fused-ring (bicyclic) bond motifs is 3. The van der Waals surface area contributed by atoms with Crippen molar-refractivity contribution in [3.05, 3.63) is 57.2 Å². The van der Waals surface area contributed by atoms with Crippen LogP contribution in [-0.2, 0) is 13.1 Å². The summed E-state index contributed by atoms with van der Waals surface area (Å²) in [5.41, 5.74) is 4.17. The normalized spacial score (nSPS) is 19.6. The van der Waals surface area contributed by atoms with Gasteiger partial charge in [0.1, 0.15) is 24.3 Å². The van der Waals surface area contributed by atoms with Crippen LogP contribution in [0.2, 0.25) is 5.02 Å². The van der Waals surface area contributed by atoms with E-state index in [1.807, 2.05) is 13.8 Å². The van der Waals surface area contributed by atoms with Gasteiger partial charge in [0.25, 0.3) is 5.91 Å². The number of alkyl halides is 1. The lowest BCUT2D eigenvalue weighted by Gasteiger charge is -2.36. The van der Waals surface area contributed by atoms with Gasteiger partial charge in [-0.2, -0.15) is 5.10 Å². The minimum Gasteiger partial charge on any atom is -0.489 e. The summed E-state index contributed by atoms with van der Waals surface area (Å²) in [7, 11) is 0. The average molecular weight is 476 g/mol. The van der Waals surface area contributed by atoms with E-state index in [0.717, 1.165) is 17.0 Å². The van der Waals surface area contributed by atoms with Gasteiger partial charge in [0.15, 0.2) is 5.65 Å². The molecule has 1 amide bonds. The van der Waals surface area contributed by atoms with Gasteiger partial charge in [-0.3, -0.25) is 4.79 Å². The molecule has 0 radical (unpaired) electrons. The lowest BCUT2D eigenvalue weighted by Crippen LogP contribution is -2.47. The second-order valence-electron chi connectivity index (χ2n) is 8.61. The molecule has 10 heteroatoms. The zero-order chi connectivity index (χ0) is 23.3. The van der Waals surface area contributed by atoms with Gasteiger partial charge in [0, 0.05) is 24.2 Å². The Morgan fingerprint density at radius 3 is 2.85 bits per heavy atom. The van der Waals surface area contributed by atoms with Crippen LogP contribution >= 0.6 is 11.6 Å². The Kier molecular flexibility index (Phi) is 5.70. The van der Waals surface area contributed by atoms with Crippen molar-refractivity contribution < 1.29 is 18.3 Å². The van der Waals surface area contributed by atoms with Crippen molar-refractivity contribution in [2.75, 3.05) is 13.2 Å². The number of halogens is 3. The number of nitrogens with one attached hydrogen (secondary N) is 1. The standard InChI is InChI=1S/C23H24ClF2N5O2/c1-12-21(24)13(2)31-22(28-12)18-10-30(11-19(18)29-31)23(32)17-4-3-14(26)7-20(17)33-16-8-15(9-16)27-6-5-25/h3-4,7,15-16,27H,5-6,8-11H2,1-2H3/t15-,16-. The zero-order valence-corrected chi connectivity index (χ0v) is 19.1. The molecule has 1 saturated carbocycles. The third-order valence-corrected chi connectivity index (χ3v) is 6.88. The third kappa shape index (κ3) is 3.93. The number of ether oxygens (including phenoxy) is 1. The number of aromatic nitrogens is 3. The molecule has 2 aromatic heterocycles. The van der Waals surface area contributed by atoms with Crippen LogP contribution < -0.4 is 10.1 Å². The number of aryl methyl sites for hydroxylation is 2. The first kappa shape index (κ1) is 22.0. The smallest absolute Gasteiger partial charge is 0.258 e. The minimum atomic E-state index is -0.470. The molecule has 1 fully saturated rings. The molecule has 0 atom stereocenters. The fourth-order valence-corrected chi connectivity index (χ4v) is 4.59. The summed E-state index contributed by atoms with van der Waals surface area (Å²) >= 11 is 6.31. The molecule has 7 nitrogen and oxygen atoms in total. The molecule has 33 heavy (non-hydrogen) atoms. The second-order valence-corrected chi connectivity index (χ2v) is 8.99. The van der Waals surface area contributed by atoms with E-state index in [4.69, 9.17) is 16.3 Å². The van der Waals surface area contributed by atoms with E-state index < -0.39 is 12.5 Å². The molecule has 0 bridgehead atoms. The quantitative estimate of drug-likeness (QED) is 0.587. The van der Waals surface area contributed by atoms with Crippen molar-refractivity contribution >= 4 is 23.2 Å². The molecule has 2 aliphatic rings. The third-order valence-electron chi connectivity index (χ3n) is 6.33. The Morgan fingerprint density at radius 2 is 2.09 bits per heavy atom. The van der Waals surface area contributed by atoms with Gasteiger partial charge in [-0.1, -0.05) is 11.6 Å². The van der Waals surface area contributed by atoms with Crippen molar-refractivity contribution in [1.29, 1.82) is 0 Å². The van der Waals surface area contributed by atoms with Crippen molar-refractivity contribution in [3.63, 3.8) is 0 Å². The fourth-order valence-electron chi connectivity index (χ4n) is 4.46. The predicted molar refractivity (Wildman–Crippen MR) is 119 cm³/mol. The summed E-state index contributed by atoms with van der Waals surface area (Å²) in [6.07, 6.45) is 1.22. The molecule has 1 N–H and O–H groups in total. The molecule has 1 aliphatic carbocycles. The lowest BCUT2D eigenvalue weighted by molar-refractivity contribution is 0.0699. The molecule has 1 aliphatic heterocycles. The molecule has 0 saturated heterocycles. The van der Waals surface area contributed by atoms with Crippen molar-refractivity contribution in [2.24, 2.45) is 0 Å². The highest BCUT2D eigenvalue weighted by molar-refractivity contribution is 6.31. The van der Waals surface area contributed by atoms with Gasteiger partial charge in [-0.15, -0.1) is 0 Å². The number of hydrogen-bond acceptors (Lipinski definition) is 5. The maximum atomic E-state index is 14.0. The van der Waals surface area contributed by atoms with Crippen molar-refractivity contribution in [1.82, 2.24) is 24.8 Å². The molecule has 0 spiro atoms. The highest BCUT2D eigenvalue weighted by Gasteiger charge is 2.34. The lowest BCUT2D eigenvalue weighted by atomic mass is 9.89. The summed E-state index contributed by atoms with van der Waals surface area (Å²) in [5, 5.41) is 8.27. The van der Waals surface area contributed by atoms with Crippen LogP contribution in [0.25, 0.3) is 5.65 Å². The first-order chi connectivity index (χ1) is 15.9. The summed E-state index contributed by atoms with van der Waals surface area (Å²) < 4.78 is 34.0. The largest absolute Gasteiger partial charge is 0.489 e. The number of benzene rings is 1. The molecule has 3 aromatic rings. The Morgan fingerprint density at radius 1 is 1.30 bits per heavy atom. The summed E-state index contributed by atoms with van der Waals surface area (Å²) in [6, 6.07) is 4.14. The van der Waals surface area contributed by atoms with Gasteiger partial charge in [-0.25, -0.2) is 18.3 Å². The minimum absolute atomic E-state index is 0.143.